The average Bonchev–Trinajstić information content (AvgIpc) is 2.79. The Morgan fingerprint density at radius 1 is 1.18 bits per heavy atom. The zero-order chi connectivity index (χ0) is 11.1. The van der Waals surface area contributed by atoms with Crippen LogP contribution in [-0.2, 0) is 0 Å². The van der Waals surface area contributed by atoms with Crippen molar-refractivity contribution in [3.63, 3.8) is 0 Å². The molecule has 0 saturated carbocycles. The average molecular weight is 441 g/mol. The highest BCUT2D eigenvalue weighted by molar-refractivity contribution is 9.14. The number of benzene rings is 1. The van der Waals surface area contributed by atoms with Crippen molar-refractivity contribution in [1.82, 2.24) is 4.90 Å². The summed E-state index contributed by atoms with van der Waals surface area (Å²) >= 11 is 8.78. The molecule has 2 aliphatic rings. The van der Waals surface area contributed by atoms with Gasteiger partial charge >= 0.3 is 0 Å². The Balaban J connectivity index is 0.00000108. The van der Waals surface area contributed by atoms with Gasteiger partial charge in [-0.3, -0.25) is 4.99 Å². The summed E-state index contributed by atoms with van der Waals surface area (Å²) in [4.78, 5) is 6.74. The van der Waals surface area contributed by atoms with Crippen LogP contribution in [0.3, 0.4) is 0 Å². The molecule has 17 heavy (non-hydrogen) atoms. The van der Waals surface area contributed by atoms with Gasteiger partial charge in [0.2, 0.25) is 0 Å². The van der Waals surface area contributed by atoms with Crippen LogP contribution in [0.2, 0.25) is 0 Å². The molecule has 6 heteroatoms. The van der Waals surface area contributed by atoms with Crippen LogP contribution in [0.25, 0.3) is 5.70 Å². The van der Waals surface area contributed by atoms with E-state index in [4.69, 9.17) is 0 Å². The normalized spacial score (nSPS) is 18.0. The highest BCUT2D eigenvalue weighted by atomic mass is 79.9. The van der Waals surface area contributed by atoms with E-state index >= 15 is 0 Å². The molecule has 0 spiro atoms. The van der Waals surface area contributed by atoms with Gasteiger partial charge in [0.1, 0.15) is 0 Å². The topological polar surface area (TPSA) is 15.6 Å². The molecule has 0 N–H and O–H groups in total. The minimum absolute atomic E-state index is 0. The first-order chi connectivity index (χ1) is 7.75. The number of nitrogens with zero attached hydrogens (tertiary/aromatic N) is 2. The van der Waals surface area contributed by atoms with Crippen molar-refractivity contribution in [3.05, 3.63) is 38.1 Å². The quantitative estimate of drug-likeness (QED) is 0.640. The molecule has 2 heterocycles. The number of hydrogen-bond donors (Lipinski definition) is 0. The van der Waals surface area contributed by atoms with Crippen LogP contribution in [0.5, 0.6) is 0 Å². The summed E-state index contributed by atoms with van der Waals surface area (Å²) < 4.78 is 2.27. The second-order valence-corrected chi connectivity index (χ2v) is 6.76. The summed E-state index contributed by atoms with van der Waals surface area (Å²) in [5.41, 5.74) is 2.48. The molecule has 1 aromatic rings. The van der Waals surface area contributed by atoms with Crippen LogP contribution >= 0.6 is 60.6 Å². The zero-order valence-corrected chi connectivity index (χ0v) is 14.4. The number of amidine groups is 1. The molecule has 0 atom stereocenters. The van der Waals surface area contributed by atoms with Gasteiger partial charge in [0.05, 0.1) is 16.1 Å². The predicted octanol–water partition coefficient (Wildman–Crippen LogP) is 4.47. The van der Waals surface area contributed by atoms with E-state index in [9.17, 15) is 0 Å². The molecule has 0 aromatic heterocycles. The summed E-state index contributed by atoms with van der Waals surface area (Å²) in [6, 6.07) is 8.39. The fourth-order valence-electron chi connectivity index (χ4n) is 1.83. The van der Waals surface area contributed by atoms with E-state index in [1.165, 1.54) is 11.3 Å². The van der Waals surface area contributed by atoms with Crippen molar-refractivity contribution in [2.75, 3.05) is 13.1 Å². The monoisotopic (exact) mass is 438 g/mol. The standard InChI is InChI=1S/C11H8Br2N2S.BrH/c12-8-3-1-7(2-4-8)9-10(13)16-11-14-5-6-15(9)11;/h1-4H,5-6H2;1H. The van der Waals surface area contributed by atoms with E-state index < -0.39 is 0 Å². The van der Waals surface area contributed by atoms with Crippen LogP contribution in [0.15, 0.2) is 37.5 Å². The lowest BCUT2D eigenvalue weighted by Gasteiger charge is -2.16. The van der Waals surface area contributed by atoms with E-state index in [0.717, 1.165) is 26.5 Å². The van der Waals surface area contributed by atoms with Crippen LogP contribution in [0.4, 0.5) is 0 Å². The van der Waals surface area contributed by atoms with E-state index in [1.54, 1.807) is 11.8 Å². The molecule has 0 bridgehead atoms. The number of halogens is 3. The number of hydrogen-bond acceptors (Lipinski definition) is 3. The van der Waals surface area contributed by atoms with Gasteiger partial charge in [-0.25, -0.2) is 0 Å². The molecule has 0 unspecified atom stereocenters. The molecule has 0 aliphatic carbocycles. The third kappa shape index (κ3) is 2.50. The molecular weight excluding hydrogens is 432 g/mol. The lowest BCUT2D eigenvalue weighted by atomic mass is 10.1. The smallest absolute Gasteiger partial charge is 0.169 e. The number of aliphatic imine (C=N–C) groups is 1. The molecular formula is C11H9Br3N2S. The Morgan fingerprint density at radius 2 is 1.88 bits per heavy atom. The van der Waals surface area contributed by atoms with Crippen molar-refractivity contribution in [2.45, 2.75) is 0 Å². The van der Waals surface area contributed by atoms with Crippen LogP contribution < -0.4 is 0 Å². The highest BCUT2D eigenvalue weighted by Gasteiger charge is 2.31. The molecule has 1 aromatic carbocycles. The van der Waals surface area contributed by atoms with Gasteiger partial charge in [-0.05, 0) is 45.4 Å². The Kier molecular flexibility index (Phi) is 4.39. The summed E-state index contributed by atoms with van der Waals surface area (Å²) in [5.74, 6) is 0. The first-order valence-corrected chi connectivity index (χ1v) is 7.31. The third-order valence-corrected chi connectivity index (χ3v) is 4.85. The van der Waals surface area contributed by atoms with E-state index in [2.05, 4.69) is 66.0 Å². The molecule has 2 nitrogen and oxygen atoms in total. The van der Waals surface area contributed by atoms with Crippen LogP contribution in [0, 0.1) is 0 Å². The molecule has 3 rings (SSSR count). The van der Waals surface area contributed by atoms with E-state index in [0.29, 0.717) is 0 Å². The van der Waals surface area contributed by atoms with Crippen molar-refractivity contribution in [3.8, 4) is 0 Å². The minimum atomic E-state index is 0. The lowest BCUT2D eigenvalue weighted by molar-refractivity contribution is 0.649. The lowest BCUT2D eigenvalue weighted by Crippen LogP contribution is -2.19. The second kappa shape index (κ2) is 5.47. The second-order valence-electron chi connectivity index (χ2n) is 3.55. The first-order valence-electron chi connectivity index (χ1n) is 4.91. The third-order valence-electron chi connectivity index (χ3n) is 2.56. The highest BCUT2D eigenvalue weighted by Crippen LogP contribution is 2.44. The van der Waals surface area contributed by atoms with E-state index in [-0.39, 0.29) is 17.0 Å². The maximum absolute atomic E-state index is 4.47. The van der Waals surface area contributed by atoms with Gasteiger partial charge in [-0.15, -0.1) is 17.0 Å². The zero-order valence-electron chi connectivity index (χ0n) is 8.69. The van der Waals surface area contributed by atoms with Gasteiger partial charge in [-0.1, -0.05) is 28.1 Å². The van der Waals surface area contributed by atoms with Crippen molar-refractivity contribution >= 4 is 71.5 Å². The fraction of sp³-hybridized carbons (Fsp3) is 0.182. The first kappa shape index (κ1) is 13.6. The van der Waals surface area contributed by atoms with Crippen molar-refractivity contribution in [2.24, 2.45) is 4.99 Å². The van der Waals surface area contributed by atoms with Gasteiger partial charge in [0, 0.05) is 11.0 Å². The fourth-order valence-corrected chi connectivity index (χ4v) is 3.91. The van der Waals surface area contributed by atoms with Crippen LogP contribution in [-0.4, -0.2) is 23.2 Å². The molecule has 0 radical (unpaired) electrons. The predicted molar refractivity (Wildman–Crippen MR) is 86.9 cm³/mol. The SMILES string of the molecule is Br.BrC1=C(c2ccc(Br)cc2)N2CCN=C2S1. The minimum Gasteiger partial charge on any atom is -0.317 e. The maximum atomic E-state index is 4.47. The molecule has 90 valence electrons. The molecule has 0 amide bonds. The number of thioether (sulfide) groups is 1. The Morgan fingerprint density at radius 3 is 2.59 bits per heavy atom. The van der Waals surface area contributed by atoms with Gasteiger partial charge in [-0.2, -0.15) is 0 Å². The van der Waals surface area contributed by atoms with Crippen molar-refractivity contribution < 1.29 is 0 Å². The summed E-state index contributed by atoms with van der Waals surface area (Å²) in [5, 5.41) is 1.12. The molecule has 0 saturated heterocycles. The van der Waals surface area contributed by atoms with Crippen LogP contribution in [0.1, 0.15) is 5.56 Å². The summed E-state index contributed by atoms with van der Waals surface area (Å²) in [6.07, 6.45) is 0. The van der Waals surface area contributed by atoms with Crippen molar-refractivity contribution in [1.29, 1.82) is 0 Å². The van der Waals surface area contributed by atoms with Gasteiger partial charge in [0.15, 0.2) is 5.17 Å². The van der Waals surface area contributed by atoms with Gasteiger partial charge < -0.3 is 4.90 Å². The Hall–Kier alpha value is 0.220. The Bertz CT molecular complexity index is 496. The van der Waals surface area contributed by atoms with Gasteiger partial charge in [0.25, 0.3) is 0 Å². The largest absolute Gasteiger partial charge is 0.317 e. The molecule has 2 aliphatic heterocycles. The Labute approximate surface area is 132 Å². The molecule has 0 fully saturated rings. The summed E-state index contributed by atoms with van der Waals surface area (Å²) in [6.45, 7) is 1.89. The maximum Gasteiger partial charge on any atom is 0.169 e. The summed E-state index contributed by atoms with van der Waals surface area (Å²) in [7, 11) is 0. The van der Waals surface area contributed by atoms with E-state index in [1.807, 2.05) is 0 Å². The number of rotatable bonds is 1. The number of fused-ring (bicyclic) bond motifs is 1.